The predicted octanol–water partition coefficient (Wildman–Crippen LogP) is 4.87. The lowest BCUT2D eigenvalue weighted by atomic mass is 9.89. The lowest BCUT2D eigenvalue weighted by Crippen LogP contribution is -2.50. The molecule has 1 aliphatic rings. The summed E-state index contributed by atoms with van der Waals surface area (Å²) in [5.74, 6) is -0.505. The van der Waals surface area contributed by atoms with Crippen LogP contribution in [0.5, 0.6) is 0 Å². The Hall–Kier alpha value is -4.71. The molecule has 4 N–H and O–H groups in total. The molecule has 4 aromatic rings. The third kappa shape index (κ3) is 5.96. The maximum atomic E-state index is 12.7. The number of anilines is 2. The quantitative estimate of drug-likeness (QED) is 0.256. The number of pyridine rings is 1. The number of primary amides is 1. The summed E-state index contributed by atoms with van der Waals surface area (Å²) in [5, 5.41) is 36.6. The van der Waals surface area contributed by atoms with Crippen LogP contribution in [0, 0.1) is 28.1 Å². The van der Waals surface area contributed by atoms with Gasteiger partial charge in [0, 0.05) is 49.2 Å². The van der Waals surface area contributed by atoms with Crippen LogP contribution in [0.3, 0.4) is 0 Å². The van der Waals surface area contributed by atoms with E-state index in [9.17, 15) is 15.3 Å². The molecule has 0 spiro atoms. The van der Waals surface area contributed by atoms with Crippen molar-refractivity contribution in [3.8, 4) is 12.1 Å². The van der Waals surface area contributed by atoms with Gasteiger partial charge in [-0.15, -0.1) is 5.10 Å². The number of aromatic nitrogens is 4. The fourth-order valence-corrected chi connectivity index (χ4v) is 5.44. The molecule has 12 heteroatoms. The van der Waals surface area contributed by atoms with Gasteiger partial charge >= 0.3 is 0 Å². The van der Waals surface area contributed by atoms with Crippen LogP contribution >= 0.6 is 11.6 Å². The lowest BCUT2D eigenvalue weighted by Gasteiger charge is -2.33. The van der Waals surface area contributed by atoms with Crippen LogP contribution in [-0.4, -0.2) is 45.6 Å². The molecule has 0 bridgehead atoms. The van der Waals surface area contributed by atoms with E-state index in [-0.39, 0.29) is 5.41 Å². The normalized spacial score (nSPS) is 15.3. The van der Waals surface area contributed by atoms with E-state index in [1.165, 1.54) is 10.9 Å². The largest absolute Gasteiger partial charge is 0.383 e. The molecule has 220 valence electrons. The van der Waals surface area contributed by atoms with Gasteiger partial charge in [-0.05, 0) is 29.2 Å². The molecular weight excluding hydrogens is 566 g/mol. The minimum atomic E-state index is -1.06. The Morgan fingerprint density at radius 1 is 1.21 bits per heavy atom. The Kier molecular flexibility index (Phi) is 8.23. The number of nitrogens with one attached hydrogen (secondary N) is 2. The van der Waals surface area contributed by atoms with Gasteiger partial charge in [0.15, 0.2) is 0 Å². The Bertz CT molecular complexity index is 1760. The van der Waals surface area contributed by atoms with E-state index in [4.69, 9.17) is 22.1 Å². The van der Waals surface area contributed by atoms with Gasteiger partial charge in [0.2, 0.25) is 5.91 Å². The van der Waals surface area contributed by atoms with Crippen LogP contribution < -0.4 is 16.4 Å². The molecule has 5 rings (SSSR count). The van der Waals surface area contributed by atoms with E-state index in [2.05, 4.69) is 58.8 Å². The molecule has 0 saturated carbocycles. The maximum absolute atomic E-state index is 12.7. The molecule has 1 amide bonds. The first-order chi connectivity index (χ1) is 20.6. The van der Waals surface area contributed by atoms with Crippen molar-refractivity contribution in [3.05, 3.63) is 76.2 Å². The Labute approximate surface area is 254 Å². The molecule has 1 aliphatic heterocycles. The van der Waals surface area contributed by atoms with Crippen LogP contribution in [0.15, 0.2) is 48.8 Å². The van der Waals surface area contributed by atoms with Gasteiger partial charge < -0.3 is 21.1 Å². The summed E-state index contributed by atoms with van der Waals surface area (Å²) in [5.41, 5.74) is 8.37. The van der Waals surface area contributed by atoms with Gasteiger partial charge in [0.05, 0.1) is 46.3 Å². The fraction of sp³-hybridized carbons (Fsp3) is 0.355. The standard InChI is InChI=1S/C31H32ClN9O2/c1-30(2,3)18-37-26-20(15-34)16-36-27-22(26)12-19(14-33)13-24(27)38-28(21-6-4-5-7-23(21)32)25-17-41(40-39-25)31(29(35)42)8-10-43-11-9-31/h4-7,12-13,16-17,28,38H,8-11,18H2,1-3H3,(H2,35,42)(H,36,37)/t28-/m0/s1. The zero-order chi connectivity index (χ0) is 30.8. The van der Waals surface area contributed by atoms with Crippen LogP contribution in [0.2, 0.25) is 5.02 Å². The van der Waals surface area contributed by atoms with E-state index in [1.54, 1.807) is 24.4 Å². The maximum Gasteiger partial charge on any atom is 0.245 e. The van der Waals surface area contributed by atoms with Crippen molar-refractivity contribution in [2.75, 3.05) is 30.4 Å². The third-order valence-corrected chi connectivity index (χ3v) is 7.90. The van der Waals surface area contributed by atoms with Gasteiger partial charge in [-0.3, -0.25) is 9.78 Å². The first-order valence-corrected chi connectivity index (χ1v) is 14.3. The molecular formula is C31H32ClN9O2. The van der Waals surface area contributed by atoms with Crippen LogP contribution in [0.25, 0.3) is 10.9 Å². The number of nitrogens with zero attached hydrogens (tertiary/aromatic N) is 6. The highest BCUT2D eigenvalue weighted by atomic mass is 35.5. The fourth-order valence-electron chi connectivity index (χ4n) is 5.20. The highest BCUT2D eigenvalue weighted by molar-refractivity contribution is 6.31. The third-order valence-electron chi connectivity index (χ3n) is 7.56. The summed E-state index contributed by atoms with van der Waals surface area (Å²) in [6, 6.07) is 14.5. The number of nitrogens with two attached hydrogens (primary N) is 1. The summed E-state index contributed by atoms with van der Waals surface area (Å²) in [6.45, 7) is 7.62. The summed E-state index contributed by atoms with van der Waals surface area (Å²) in [4.78, 5) is 17.3. The summed E-state index contributed by atoms with van der Waals surface area (Å²) < 4.78 is 7.00. The molecule has 43 heavy (non-hydrogen) atoms. The first-order valence-electron chi connectivity index (χ1n) is 13.9. The average molecular weight is 598 g/mol. The zero-order valence-corrected chi connectivity index (χ0v) is 24.9. The number of benzene rings is 2. The second-order valence-corrected chi connectivity index (χ2v) is 12.2. The number of hydrogen-bond donors (Lipinski definition) is 3. The number of carbonyl (C=O) groups excluding carboxylic acids is 1. The average Bonchev–Trinajstić information content (AvgIpc) is 3.49. The highest BCUT2D eigenvalue weighted by Crippen LogP contribution is 2.37. The summed E-state index contributed by atoms with van der Waals surface area (Å²) in [7, 11) is 0. The van der Waals surface area contributed by atoms with Crippen molar-refractivity contribution < 1.29 is 9.53 Å². The number of ether oxygens (including phenoxy) is 1. The van der Waals surface area contributed by atoms with Gasteiger partial charge in [-0.2, -0.15) is 10.5 Å². The van der Waals surface area contributed by atoms with Crippen LogP contribution in [0.1, 0.15) is 62.0 Å². The van der Waals surface area contributed by atoms with E-state index in [0.717, 1.165) is 0 Å². The predicted molar refractivity (Wildman–Crippen MR) is 163 cm³/mol. The number of amides is 1. The number of carbonyl (C=O) groups is 1. The molecule has 0 radical (unpaired) electrons. The SMILES string of the molecule is CC(C)(C)CNc1c(C#N)cnc2c(N[C@H](c3cn(C4(C(N)=O)CCOCC4)nn3)c3ccccc3Cl)cc(C#N)cc12. The molecule has 1 saturated heterocycles. The smallest absolute Gasteiger partial charge is 0.245 e. The minimum absolute atomic E-state index is 0.0655. The van der Waals surface area contributed by atoms with Crippen molar-refractivity contribution >= 4 is 39.8 Å². The summed E-state index contributed by atoms with van der Waals surface area (Å²) >= 11 is 6.69. The molecule has 1 fully saturated rings. The Morgan fingerprint density at radius 2 is 1.95 bits per heavy atom. The number of nitriles is 2. The topological polar surface area (TPSA) is 168 Å². The van der Waals surface area contributed by atoms with Crippen LogP contribution in [-0.2, 0) is 15.1 Å². The Balaban J connectivity index is 1.65. The van der Waals surface area contributed by atoms with Gasteiger partial charge in [0.25, 0.3) is 0 Å². The second kappa shape index (κ2) is 11.9. The van der Waals surface area contributed by atoms with Crippen molar-refractivity contribution in [1.82, 2.24) is 20.0 Å². The molecule has 0 aliphatic carbocycles. The van der Waals surface area contributed by atoms with E-state index >= 15 is 0 Å². The molecule has 0 unspecified atom stereocenters. The van der Waals surface area contributed by atoms with Crippen molar-refractivity contribution in [2.24, 2.45) is 11.1 Å². The van der Waals surface area contributed by atoms with Gasteiger partial charge in [-0.25, -0.2) is 4.68 Å². The lowest BCUT2D eigenvalue weighted by molar-refractivity contribution is -0.132. The van der Waals surface area contributed by atoms with E-state index < -0.39 is 17.5 Å². The highest BCUT2D eigenvalue weighted by Gasteiger charge is 2.42. The number of halogens is 1. The van der Waals surface area contributed by atoms with Crippen molar-refractivity contribution in [3.63, 3.8) is 0 Å². The monoisotopic (exact) mass is 597 g/mol. The zero-order valence-electron chi connectivity index (χ0n) is 24.2. The number of hydrogen-bond acceptors (Lipinski definition) is 9. The summed E-state index contributed by atoms with van der Waals surface area (Å²) in [6.07, 6.45) is 3.97. The first kappa shape index (κ1) is 29.8. The van der Waals surface area contributed by atoms with Crippen LogP contribution in [0.4, 0.5) is 11.4 Å². The van der Waals surface area contributed by atoms with E-state index in [0.29, 0.717) is 82.3 Å². The molecule has 2 aromatic carbocycles. The molecule has 1 atom stereocenters. The minimum Gasteiger partial charge on any atom is -0.383 e. The van der Waals surface area contributed by atoms with Gasteiger partial charge in [0.1, 0.15) is 17.3 Å². The number of rotatable bonds is 8. The van der Waals surface area contributed by atoms with Gasteiger partial charge in [-0.1, -0.05) is 55.8 Å². The second-order valence-electron chi connectivity index (χ2n) is 11.8. The van der Waals surface area contributed by atoms with E-state index in [1.807, 2.05) is 18.2 Å². The number of fused-ring (bicyclic) bond motifs is 1. The molecule has 11 nitrogen and oxygen atoms in total. The van der Waals surface area contributed by atoms with Crippen molar-refractivity contribution in [2.45, 2.75) is 45.2 Å². The molecule has 2 aromatic heterocycles. The van der Waals surface area contributed by atoms with Crippen molar-refractivity contribution in [1.29, 1.82) is 10.5 Å². The molecule has 3 heterocycles. The Morgan fingerprint density at radius 3 is 2.60 bits per heavy atom.